The van der Waals surface area contributed by atoms with Crippen LogP contribution in [0.5, 0.6) is 0 Å². The zero-order valence-electron chi connectivity index (χ0n) is 24.4. The Hall–Kier alpha value is -2.91. The maximum atomic E-state index is 14.2. The van der Waals surface area contributed by atoms with Crippen molar-refractivity contribution in [3.63, 3.8) is 0 Å². The molecule has 234 valence electrons. The molecule has 1 aromatic carbocycles. The molecule has 0 spiro atoms. The number of ether oxygens (including phenoxy) is 2. The van der Waals surface area contributed by atoms with Gasteiger partial charge in [-0.3, -0.25) is 0 Å². The highest BCUT2D eigenvalue weighted by atomic mass is 35.5. The maximum absolute atomic E-state index is 14.2. The lowest BCUT2D eigenvalue weighted by Gasteiger charge is -2.41. The molecule has 15 heteroatoms. The average molecular weight is 657 g/mol. The quantitative estimate of drug-likeness (QED) is 0.429. The van der Waals surface area contributed by atoms with Gasteiger partial charge >= 0.3 is 12.1 Å². The molecule has 1 fully saturated rings. The number of halogens is 2. The molecule has 3 heterocycles. The fourth-order valence-corrected chi connectivity index (χ4v) is 7.27. The fraction of sp³-hybridized carbons (Fsp3) is 0.500. The monoisotopic (exact) mass is 656 g/mol. The van der Waals surface area contributed by atoms with Crippen molar-refractivity contribution in [1.82, 2.24) is 14.2 Å². The second-order valence-electron chi connectivity index (χ2n) is 11.1. The van der Waals surface area contributed by atoms with E-state index in [-0.39, 0.29) is 53.7 Å². The van der Waals surface area contributed by atoms with E-state index in [9.17, 15) is 27.5 Å². The minimum absolute atomic E-state index is 0.000754. The molecule has 1 amide bonds. The van der Waals surface area contributed by atoms with Gasteiger partial charge in [-0.05, 0) is 58.2 Å². The summed E-state index contributed by atoms with van der Waals surface area (Å²) in [6, 6.07) is 1.57. The van der Waals surface area contributed by atoms with Crippen LogP contribution in [0.3, 0.4) is 0 Å². The van der Waals surface area contributed by atoms with Gasteiger partial charge in [0.15, 0.2) is 10.8 Å². The second kappa shape index (κ2) is 13.0. The first kappa shape index (κ1) is 33.0. The van der Waals surface area contributed by atoms with Crippen LogP contribution in [0.15, 0.2) is 46.0 Å². The Morgan fingerprint density at radius 3 is 2.56 bits per heavy atom. The fourth-order valence-electron chi connectivity index (χ4n) is 5.24. The predicted octanol–water partition coefficient (Wildman–Crippen LogP) is 4.52. The third-order valence-corrected chi connectivity index (χ3v) is 9.34. The third kappa shape index (κ3) is 7.26. The molecule has 3 atom stereocenters. The van der Waals surface area contributed by atoms with Crippen LogP contribution in [0.2, 0.25) is 5.02 Å². The van der Waals surface area contributed by atoms with Gasteiger partial charge in [0.1, 0.15) is 17.5 Å². The van der Waals surface area contributed by atoms with E-state index >= 15 is 0 Å². The van der Waals surface area contributed by atoms with Crippen molar-refractivity contribution >= 4 is 50.9 Å². The standard InChI is InChI=1S/C28H34ClFN4O7S2/c1-6-40-26(36)21-22(16-9-11-33(43(5,38)39)18(13-16)15-35)32-24(25-31-10-12-42-25)34(27(37)41-28(2,3)4)23(21)19-8-7-17(30)14-20(19)29/h7-8,10,12,14,16,18,23,35H,6,9,11,13,15H2,1-5H3. The van der Waals surface area contributed by atoms with E-state index in [4.69, 9.17) is 26.1 Å². The molecule has 0 saturated carbocycles. The van der Waals surface area contributed by atoms with Gasteiger partial charge in [-0.15, -0.1) is 11.3 Å². The topological polar surface area (TPSA) is 139 Å². The molecule has 2 aliphatic heterocycles. The molecule has 11 nitrogen and oxygen atoms in total. The summed E-state index contributed by atoms with van der Waals surface area (Å²) in [6.07, 6.45) is 2.14. The van der Waals surface area contributed by atoms with E-state index in [1.54, 1.807) is 33.1 Å². The summed E-state index contributed by atoms with van der Waals surface area (Å²) < 4.78 is 51.6. The van der Waals surface area contributed by atoms with Crippen molar-refractivity contribution in [3.05, 3.63) is 62.5 Å². The Labute approximate surface area is 259 Å². The van der Waals surface area contributed by atoms with Crippen LogP contribution in [0, 0.1) is 11.7 Å². The zero-order valence-corrected chi connectivity index (χ0v) is 26.8. The van der Waals surface area contributed by atoms with Crippen molar-refractivity contribution in [3.8, 4) is 0 Å². The van der Waals surface area contributed by atoms with Crippen molar-refractivity contribution in [2.75, 3.05) is 26.0 Å². The molecular weight excluding hydrogens is 623 g/mol. The lowest BCUT2D eigenvalue weighted by molar-refractivity contribution is -0.139. The molecule has 1 N–H and O–H groups in total. The van der Waals surface area contributed by atoms with Gasteiger partial charge in [0.25, 0.3) is 0 Å². The minimum atomic E-state index is -3.63. The van der Waals surface area contributed by atoms with Crippen LogP contribution in [-0.4, -0.2) is 83.3 Å². The third-order valence-electron chi connectivity index (χ3n) is 6.91. The number of benzene rings is 1. The first-order chi connectivity index (χ1) is 20.2. The predicted molar refractivity (Wildman–Crippen MR) is 160 cm³/mol. The molecule has 1 aromatic heterocycles. The molecule has 4 rings (SSSR count). The Bertz CT molecular complexity index is 1540. The number of hydrogen-bond acceptors (Lipinski definition) is 10. The van der Waals surface area contributed by atoms with E-state index in [0.29, 0.717) is 5.01 Å². The highest BCUT2D eigenvalue weighted by molar-refractivity contribution is 7.88. The number of esters is 1. The summed E-state index contributed by atoms with van der Waals surface area (Å²) in [6.45, 7) is 6.30. The van der Waals surface area contributed by atoms with Crippen molar-refractivity contribution in [1.29, 1.82) is 0 Å². The average Bonchev–Trinajstić information content (AvgIpc) is 3.45. The van der Waals surface area contributed by atoms with Gasteiger partial charge in [-0.1, -0.05) is 17.7 Å². The summed E-state index contributed by atoms with van der Waals surface area (Å²) in [4.78, 5) is 38.2. The van der Waals surface area contributed by atoms with Crippen molar-refractivity contribution in [2.24, 2.45) is 10.9 Å². The molecule has 2 aromatic rings. The minimum Gasteiger partial charge on any atom is -0.463 e. The normalized spacial score (nSPS) is 21.9. The first-order valence-corrected chi connectivity index (χ1v) is 16.7. The summed E-state index contributed by atoms with van der Waals surface area (Å²) in [7, 11) is -3.63. The zero-order chi connectivity index (χ0) is 31.7. The molecule has 1 saturated heterocycles. The molecule has 43 heavy (non-hydrogen) atoms. The highest BCUT2D eigenvalue weighted by Gasteiger charge is 2.47. The molecule has 0 bridgehead atoms. The number of hydrogen-bond donors (Lipinski definition) is 1. The lowest BCUT2D eigenvalue weighted by Crippen LogP contribution is -2.50. The summed E-state index contributed by atoms with van der Waals surface area (Å²) in [5.41, 5.74) is -0.523. The van der Waals surface area contributed by atoms with Crippen LogP contribution < -0.4 is 0 Å². The number of aliphatic hydroxyl groups excluding tert-OH is 1. The number of nitrogens with zero attached hydrogens (tertiary/aromatic N) is 4. The van der Waals surface area contributed by atoms with Crippen LogP contribution in [0.1, 0.15) is 57.1 Å². The molecule has 2 aliphatic rings. The van der Waals surface area contributed by atoms with Gasteiger partial charge in [-0.2, -0.15) is 4.31 Å². The molecule has 3 unspecified atom stereocenters. The summed E-state index contributed by atoms with van der Waals surface area (Å²) in [5.74, 6) is -1.87. The number of rotatable bonds is 7. The number of aliphatic hydroxyl groups is 1. The van der Waals surface area contributed by atoms with Gasteiger partial charge in [0.2, 0.25) is 10.0 Å². The summed E-state index contributed by atoms with van der Waals surface area (Å²) in [5, 5.41) is 12.1. The second-order valence-corrected chi connectivity index (χ2v) is 14.4. The molecular formula is C28H34ClFN4O7S2. The van der Waals surface area contributed by atoms with E-state index in [1.807, 2.05) is 0 Å². The first-order valence-electron chi connectivity index (χ1n) is 13.6. The van der Waals surface area contributed by atoms with E-state index in [0.717, 1.165) is 18.4 Å². The van der Waals surface area contributed by atoms with E-state index in [1.165, 1.54) is 32.8 Å². The number of thiazole rings is 1. The van der Waals surface area contributed by atoms with Crippen LogP contribution in [-0.2, 0) is 24.3 Å². The maximum Gasteiger partial charge on any atom is 0.416 e. The Kier molecular flexibility index (Phi) is 9.96. The number of amides is 1. The number of aliphatic imine (C=N–C) groups is 1. The SMILES string of the molecule is CCOC(=O)C1=C(C2CCN(S(C)(=O)=O)C(CO)C2)N=C(c2nccs2)N(C(=O)OC(C)(C)C)C1c1ccc(F)cc1Cl. The number of allylic oxidation sites excluding steroid dienone is 1. The van der Waals surface area contributed by atoms with Crippen molar-refractivity contribution < 1.29 is 37.0 Å². The Morgan fingerprint density at radius 2 is 2.00 bits per heavy atom. The number of carbonyl (C=O) groups is 2. The van der Waals surface area contributed by atoms with E-state index < -0.39 is 58.1 Å². The molecule has 0 radical (unpaired) electrons. The number of amidine groups is 1. The smallest absolute Gasteiger partial charge is 0.416 e. The van der Waals surface area contributed by atoms with Crippen LogP contribution in [0.4, 0.5) is 9.18 Å². The van der Waals surface area contributed by atoms with Gasteiger partial charge in [0, 0.05) is 35.1 Å². The number of carbonyl (C=O) groups excluding carboxylic acids is 2. The Balaban J connectivity index is 2.02. The number of sulfonamides is 1. The van der Waals surface area contributed by atoms with Gasteiger partial charge in [-0.25, -0.2) is 37.3 Å². The Morgan fingerprint density at radius 1 is 1.28 bits per heavy atom. The lowest BCUT2D eigenvalue weighted by atomic mass is 9.83. The number of aromatic nitrogens is 1. The number of piperidine rings is 1. The van der Waals surface area contributed by atoms with Crippen LogP contribution in [0.25, 0.3) is 0 Å². The van der Waals surface area contributed by atoms with Gasteiger partial charge in [0.05, 0.1) is 30.7 Å². The highest BCUT2D eigenvalue weighted by Crippen LogP contribution is 2.45. The summed E-state index contributed by atoms with van der Waals surface area (Å²) >= 11 is 7.78. The van der Waals surface area contributed by atoms with Crippen LogP contribution >= 0.6 is 22.9 Å². The van der Waals surface area contributed by atoms with E-state index in [2.05, 4.69) is 4.98 Å². The largest absolute Gasteiger partial charge is 0.463 e. The molecule has 0 aliphatic carbocycles. The van der Waals surface area contributed by atoms with Gasteiger partial charge < -0.3 is 14.6 Å². The van der Waals surface area contributed by atoms with Crippen molar-refractivity contribution in [2.45, 2.75) is 58.2 Å².